The molecule has 1 saturated heterocycles. The van der Waals surface area contributed by atoms with E-state index in [4.69, 9.17) is 21.3 Å². The molecule has 5 rings (SSSR count). The van der Waals surface area contributed by atoms with Gasteiger partial charge in [-0.1, -0.05) is 41.1 Å². The van der Waals surface area contributed by atoms with Crippen LogP contribution in [0.5, 0.6) is 5.75 Å². The fourth-order valence-electron chi connectivity index (χ4n) is 4.85. The van der Waals surface area contributed by atoms with Gasteiger partial charge in [0.05, 0.1) is 27.4 Å². The van der Waals surface area contributed by atoms with Crippen LogP contribution in [0.25, 0.3) is 10.2 Å². The van der Waals surface area contributed by atoms with Crippen molar-refractivity contribution in [2.45, 2.75) is 11.8 Å². The van der Waals surface area contributed by atoms with Crippen molar-refractivity contribution in [2.24, 2.45) is 0 Å². The number of ether oxygens (including phenoxy) is 1. The molecule has 0 saturated carbocycles. The normalized spacial score (nSPS) is 14.3. The van der Waals surface area contributed by atoms with Crippen molar-refractivity contribution < 1.29 is 17.9 Å². The number of nitrogens with one attached hydrogen (secondary N) is 1. The van der Waals surface area contributed by atoms with E-state index in [0.717, 1.165) is 48.1 Å². The Kier molecular flexibility index (Phi) is 8.98. The Labute approximate surface area is 249 Å². The average molecular weight is 614 g/mol. The molecule has 1 aliphatic rings. The molecule has 9 nitrogen and oxygen atoms in total. The molecule has 216 valence electrons. The zero-order valence-electron chi connectivity index (χ0n) is 22.9. The van der Waals surface area contributed by atoms with Crippen molar-refractivity contribution >= 4 is 59.9 Å². The lowest BCUT2D eigenvalue weighted by molar-refractivity contribution is 0.0947. The molecule has 0 bridgehead atoms. The number of hydrogen-bond acceptors (Lipinski definition) is 8. The molecule has 0 aliphatic carbocycles. The molecular formula is C29H32ClN5O4S2. The second-order valence-corrected chi connectivity index (χ2v) is 12.8. The Balaban J connectivity index is 1.12. The summed E-state index contributed by atoms with van der Waals surface area (Å²) >= 11 is 7.88. The molecule has 3 aromatic carbocycles. The topological polar surface area (TPSA) is 95.1 Å². The van der Waals surface area contributed by atoms with E-state index in [1.807, 2.05) is 18.2 Å². The first kappa shape index (κ1) is 29.1. The summed E-state index contributed by atoms with van der Waals surface area (Å²) in [5.41, 5.74) is 1.81. The number of fused-ring (bicyclic) bond motifs is 1. The number of carbonyl (C=O) groups is 1. The Morgan fingerprint density at radius 3 is 2.41 bits per heavy atom. The number of sulfonamides is 1. The highest BCUT2D eigenvalue weighted by molar-refractivity contribution is 7.92. The molecule has 1 fully saturated rings. The number of methoxy groups -OCH3 is 1. The van der Waals surface area contributed by atoms with Gasteiger partial charge in [0.1, 0.15) is 5.52 Å². The molecule has 0 unspecified atom stereocenters. The molecule has 4 aromatic rings. The first-order valence-corrected chi connectivity index (χ1v) is 16.0. The largest absolute Gasteiger partial charge is 0.493 e. The minimum Gasteiger partial charge on any atom is -0.493 e. The van der Waals surface area contributed by atoms with E-state index in [2.05, 4.69) is 15.1 Å². The monoisotopic (exact) mass is 613 g/mol. The summed E-state index contributed by atoms with van der Waals surface area (Å²) in [5.74, 6) is 0.373. The van der Waals surface area contributed by atoms with Crippen molar-refractivity contribution in [3.05, 3.63) is 77.3 Å². The maximum absolute atomic E-state index is 13.2. The summed E-state index contributed by atoms with van der Waals surface area (Å²) in [7, 11) is -2.14. The lowest BCUT2D eigenvalue weighted by Gasteiger charge is -2.34. The van der Waals surface area contributed by atoms with E-state index in [1.165, 1.54) is 16.4 Å². The van der Waals surface area contributed by atoms with Crippen LogP contribution >= 0.6 is 22.9 Å². The standard InChI is InChI=1S/C29H32ClN5O4S2/c1-3-35(22-7-5-4-6-8-22)41(37,38)23-11-9-21(10-12-23)28(36)31-15-16-33-17-19-34(20-18-33)29-32-26-25(40-29)14-13-24(30)27(26)39-2/h4-14H,3,15-20H2,1-2H3,(H,31,36). The third-order valence-electron chi connectivity index (χ3n) is 7.05. The number of hydrogen-bond donors (Lipinski definition) is 1. The Bertz CT molecular complexity index is 1610. The van der Waals surface area contributed by atoms with Crippen LogP contribution in [0.15, 0.2) is 71.6 Å². The quantitative estimate of drug-likeness (QED) is 0.276. The SMILES string of the molecule is CCN(c1ccccc1)S(=O)(=O)c1ccc(C(=O)NCCN2CCN(c3nc4c(OC)c(Cl)ccc4s3)CC2)cc1. The van der Waals surface area contributed by atoms with Crippen LogP contribution in [0, 0.1) is 0 Å². The molecule has 2 heterocycles. The highest BCUT2D eigenvalue weighted by Gasteiger charge is 2.24. The van der Waals surface area contributed by atoms with Crippen molar-refractivity contribution in [3.63, 3.8) is 0 Å². The number of halogens is 1. The smallest absolute Gasteiger partial charge is 0.264 e. The summed E-state index contributed by atoms with van der Waals surface area (Å²) in [6, 6.07) is 18.9. The van der Waals surface area contributed by atoms with Crippen LogP contribution in [0.1, 0.15) is 17.3 Å². The predicted molar refractivity (Wildman–Crippen MR) is 165 cm³/mol. The maximum atomic E-state index is 13.2. The molecule has 1 aromatic heterocycles. The van der Waals surface area contributed by atoms with Gasteiger partial charge >= 0.3 is 0 Å². The van der Waals surface area contributed by atoms with Gasteiger partial charge in [-0.25, -0.2) is 13.4 Å². The second-order valence-electron chi connectivity index (χ2n) is 9.54. The van der Waals surface area contributed by atoms with Gasteiger partial charge in [0.2, 0.25) is 0 Å². The van der Waals surface area contributed by atoms with Gasteiger partial charge in [-0.3, -0.25) is 14.0 Å². The number of amides is 1. The molecule has 1 N–H and O–H groups in total. The van der Waals surface area contributed by atoms with Crippen molar-refractivity contribution in [1.29, 1.82) is 0 Å². The fourth-order valence-corrected chi connectivity index (χ4v) is 7.57. The number of carbonyl (C=O) groups excluding carboxylic acids is 1. The summed E-state index contributed by atoms with van der Waals surface area (Å²) in [6.45, 7) is 6.67. The van der Waals surface area contributed by atoms with Crippen LogP contribution < -0.4 is 19.3 Å². The van der Waals surface area contributed by atoms with Crippen molar-refractivity contribution in [3.8, 4) is 5.75 Å². The second kappa shape index (κ2) is 12.6. The first-order valence-electron chi connectivity index (χ1n) is 13.4. The molecule has 12 heteroatoms. The van der Waals surface area contributed by atoms with Crippen LogP contribution in [-0.4, -0.2) is 77.1 Å². The zero-order chi connectivity index (χ0) is 29.0. The number of anilines is 2. The van der Waals surface area contributed by atoms with Crippen LogP contribution in [0.4, 0.5) is 10.8 Å². The van der Waals surface area contributed by atoms with E-state index in [0.29, 0.717) is 35.1 Å². The lowest BCUT2D eigenvalue weighted by atomic mass is 10.2. The summed E-state index contributed by atoms with van der Waals surface area (Å²) in [5, 5.41) is 4.45. The molecule has 0 radical (unpaired) electrons. The third-order valence-corrected chi connectivity index (χ3v) is 10.3. The van der Waals surface area contributed by atoms with Crippen molar-refractivity contribution in [1.82, 2.24) is 15.2 Å². The Morgan fingerprint density at radius 2 is 1.76 bits per heavy atom. The summed E-state index contributed by atoms with van der Waals surface area (Å²) in [6.07, 6.45) is 0. The van der Waals surface area contributed by atoms with Gasteiger partial charge in [-0.05, 0) is 55.5 Å². The fraction of sp³-hybridized carbons (Fsp3) is 0.310. The van der Waals surface area contributed by atoms with Gasteiger partial charge in [-0.2, -0.15) is 0 Å². The number of rotatable bonds is 10. The number of piperazine rings is 1. The van der Waals surface area contributed by atoms with Crippen molar-refractivity contribution in [2.75, 3.05) is 62.1 Å². The number of para-hydroxylation sites is 1. The Morgan fingerprint density at radius 1 is 1.05 bits per heavy atom. The van der Waals surface area contributed by atoms with E-state index in [9.17, 15) is 13.2 Å². The minimum absolute atomic E-state index is 0.146. The van der Waals surface area contributed by atoms with E-state index < -0.39 is 10.0 Å². The molecule has 0 spiro atoms. The maximum Gasteiger partial charge on any atom is 0.264 e. The van der Waals surface area contributed by atoms with E-state index in [1.54, 1.807) is 61.8 Å². The molecule has 1 aliphatic heterocycles. The average Bonchev–Trinajstić information content (AvgIpc) is 3.43. The molecule has 0 atom stereocenters. The van der Waals surface area contributed by atoms with Gasteiger partial charge in [-0.15, -0.1) is 0 Å². The number of aromatic nitrogens is 1. The lowest BCUT2D eigenvalue weighted by Crippen LogP contribution is -2.48. The molecular weight excluding hydrogens is 582 g/mol. The summed E-state index contributed by atoms with van der Waals surface area (Å²) in [4.78, 5) is 22.2. The number of nitrogens with zero attached hydrogens (tertiary/aromatic N) is 4. The van der Waals surface area contributed by atoms with E-state index in [-0.39, 0.29) is 10.8 Å². The summed E-state index contributed by atoms with van der Waals surface area (Å²) < 4.78 is 34.2. The number of thiazole rings is 1. The van der Waals surface area contributed by atoms with Crippen LogP contribution in [-0.2, 0) is 10.0 Å². The van der Waals surface area contributed by atoms with E-state index >= 15 is 0 Å². The van der Waals surface area contributed by atoms with Crippen LogP contribution in [0.3, 0.4) is 0 Å². The van der Waals surface area contributed by atoms with Gasteiger partial charge in [0.15, 0.2) is 10.9 Å². The van der Waals surface area contributed by atoms with Gasteiger partial charge < -0.3 is 15.0 Å². The zero-order valence-corrected chi connectivity index (χ0v) is 25.3. The predicted octanol–water partition coefficient (Wildman–Crippen LogP) is 4.73. The van der Waals surface area contributed by atoms with Gasteiger partial charge in [0.25, 0.3) is 15.9 Å². The number of benzene rings is 3. The minimum atomic E-state index is -3.74. The highest BCUT2D eigenvalue weighted by atomic mass is 35.5. The molecule has 1 amide bonds. The third kappa shape index (κ3) is 6.28. The highest BCUT2D eigenvalue weighted by Crippen LogP contribution is 2.38. The van der Waals surface area contributed by atoms with Crippen LogP contribution in [0.2, 0.25) is 5.02 Å². The van der Waals surface area contributed by atoms with Gasteiger partial charge in [0, 0.05) is 51.4 Å². The Hall–Kier alpha value is -3.38. The molecule has 41 heavy (non-hydrogen) atoms. The first-order chi connectivity index (χ1) is 19.8.